The smallest absolute Gasteiger partial charge is 0.205 e. The minimum absolute atomic E-state index is 0.627. The highest BCUT2D eigenvalue weighted by atomic mass is 79.9. The van der Waals surface area contributed by atoms with E-state index in [1.807, 2.05) is 0 Å². The molecule has 0 saturated carbocycles. The Morgan fingerprint density at radius 2 is 2.11 bits per heavy atom. The fourth-order valence-electron chi connectivity index (χ4n) is 1.52. The molecule has 3 nitrogen and oxygen atoms in total. The molecule has 2 heterocycles. The summed E-state index contributed by atoms with van der Waals surface area (Å²) < 4.78 is 1.18. The lowest BCUT2D eigenvalue weighted by Crippen LogP contribution is -1.96. The summed E-state index contributed by atoms with van der Waals surface area (Å²) in [6.07, 6.45) is 1.00. The number of nitrogens with one attached hydrogen (secondary N) is 1. The maximum absolute atomic E-state index is 4.19. The van der Waals surface area contributed by atoms with Gasteiger partial charge in [0, 0.05) is 20.6 Å². The molecule has 98 valence electrons. The van der Waals surface area contributed by atoms with Gasteiger partial charge in [0.15, 0.2) is 0 Å². The molecule has 0 aliphatic heterocycles. The molecule has 0 unspecified atom stereocenters. The highest BCUT2D eigenvalue weighted by molar-refractivity contribution is 9.10. The molecule has 0 aromatic carbocycles. The van der Waals surface area contributed by atoms with Crippen molar-refractivity contribution < 1.29 is 0 Å². The third-order valence-electron chi connectivity index (χ3n) is 2.37. The fourth-order valence-corrected chi connectivity index (χ4v) is 4.01. The molecule has 0 saturated heterocycles. The maximum atomic E-state index is 4.19. The van der Waals surface area contributed by atoms with Crippen LogP contribution in [0.15, 0.2) is 10.5 Å². The van der Waals surface area contributed by atoms with Crippen LogP contribution in [0, 0.1) is 12.8 Å². The SMILES string of the molecule is Cc1sc(CNc2nnc(CC(C)C)s2)cc1Br. The highest BCUT2D eigenvalue weighted by Gasteiger charge is 2.07. The molecule has 0 fully saturated rings. The van der Waals surface area contributed by atoms with Crippen molar-refractivity contribution in [3.8, 4) is 0 Å². The topological polar surface area (TPSA) is 37.8 Å². The van der Waals surface area contributed by atoms with E-state index in [2.05, 4.69) is 58.3 Å². The van der Waals surface area contributed by atoms with Crippen LogP contribution in [-0.2, 0) is 13.0 Å². The van der Waals surface area contributed by atoms with E-state index < -0.39 is 0 Å². The first-order valence-corrected chi connectivity index (χ1v) is 8.28. The van der Waals surface area contributed by atoms with Gasteiger partial charge in [-0.1, -0.05) is 25.2 Å². The van der Waals surface area contributed by atoms with Crippen molar-refractivity contribution in [2.24, 2.45) is 5.92 Å². The Kier molecular flexibility index (Phi) is 4.75. The van der Waals surface area contributed by atoms with E-state index in [-0.39, 0.29) is 0 Å². The summed E-state index contributed by atoms with van der Waals surface area (Å²) in [5.74, 6) is 0.627. The second-order valence-corrected chi connectivity index (χ2v) is 7.83. The number of thiophene rings is 1. The molecule has 0 atom stereocenters. The second-order valence-electron chi connectivity index (χ2n) is 4.57. The van der Waals surface area contributed by atoms with Crippen molar-refractivity contribution in [3.63, 3.8) is 0 Å². The molecule has 6 heteroatoms. The predicted molar refractivity (Wildman–Crippen MR) is 82.5 cm³/mol. The number of aryl methyl sites for hydroxylation is 1. The van der Waals surface area contributed by atoms with Gasteiger partial charge in [0.05, 0.1) is 6.54 Å². The average molecular weight is 346 g/mol. The summed E-state index contributed by atoms with van der Waals surface area (Å²) in [7, 11) is 0. The van der Waals surface area contributed by atoms with Crippen LogP contribution in [0.5, 0.6) is 0 Å². The Labute approximate surface area is 124 Å². The van der Waals surface area contributed by atoms with Crippen molar-refractivity contribution >= 4 is 43.7 Å². The number of anilines is 1. The predicted octanol–water partition coefficient (Wildman–Crippen LogP) is 4.48. The van der Waals surface area contributed by atoms with Crippen molar-refractivity contribution in [2.75, 3.05) is 5.32 Å². The van der Waals surface area contributed by atoms with E-state index in [0.29, 0.717) is 5.92 Å². The molecule has 2 aromatic rings. The van der Waals surface area contributed by atoms with Crippen LogP contribution < -0.4 is 5.32 Å². The van der Waals surface area contributed by atoms with Crippen molar-refractivity contribution in [1.29, 1.82) is 0 Å². The van der Waals surface area contributed by atoms with Crippen molar-refractivity contribution in [3.05, 3.63) is 25.3 Å². The molecule has 0 amide bonds. The van der Waals surface area contributed by atoms with Crippen LogP contribution in [-0.4, -0.2) is 10.2 Å². The standard InChI is InChI=1S/C12H16BrN3S2/c1-7(2)4-11-15-16-12(18-11)14-6-9-5-10(13)8(3)17-9/h5,7H,4,6H2,1-3H3,(H,14,16). The zero-order valence-electron chi connectivity index (χ0n) is 10.7. The molecular formula is C12H16BrN3S2. The van der Waals surface area contributed by atoms with Gasteiger partial charge >= 0.3 is 0 Å². The normalized spacial score (nSPS) is 11.2. The molecule has 0 bridgehead atoms. The number of hydrogen-bond donors (Lipinski definition) is 1. The van der Waals surface area contributed by atoms with Gasteiger partial charge in [-0.3, -0.25) is 0 Å². The molecule has 0 spiro atoms. The Balaban J connectivity index is 1.92. The monoisotopic (exact) mass is 345 g/mol. The van der Waals surface area contributed by atoms with Crippen LogP contribution in [0.3, 0.4) is 0 Å². The first-order chi connectivity index (χ1) is 8.54. The van der Waals surface area contributed by atoms with E-state index in [1.165, 1.54) is 14.2 Å². The summed E-state index contributed by atoms with van der Waals surface area (Å²) in [5, 5.41) is 13.7. The molecular weight excluding hydrogens is 330 g/mol. The summed E-state index contributed by atoms with van der Waals surface area (Å²) in [4.78, 5) is 2.62. The van der Waals surface area contributed by atoms with Crippen LogP contribution in [0.1, 0.15) is 28.6 Å². The number of aromatic nitrogens is 2. The minimum atomic E-state index is 0.627. The lowest BCUT2D eigenvalue weighted by Gasteiger charge is -1.98. The fraction of sp³-hybridized carbons (Fsp3) is 0.500. The van der Waals surface area contributed by atoms with Gasteiger partial charge in [0.1, 0.15) is 5.01 Å². The van der Waals surface area contributed by atoms with E-state index in [9.17, 15) is 0 Å². The Morgan fingerprint density at radius 3 is 2.72 bits per heavy atom. The lowest BCUT2D eigenvalue weighted by atomic mass is 10.1. The van der Waals surface area contributed by atoms with Crippen LogP contribution >= 0.6 is 38.6 Å². The molecule has 0 aliphatic carbocycles. The van der Waals surface area contributed by atoms with Gasteiger partial charge in [0.25, 0.3) is 0 Å². The molecule has 18 heavy (non-hydrogen) atoms. The van der Waals surface area contributed by atoms with Crippen LogP contribution in [0.4, 0.5) is 5.13 Å². The summed E-state index contributed by atoms with van der Waals surface area (Å²) >= 11 is 6.98. The molecule has 2 aromatic heterocycles. The maximum Gasteiger partial charge on any atom is 0.205 e. The first-order valence-electron chi connectivity index (χ1n) is 5.85. The minimum Gasteiger partial charge on any atom is -0.355 e. The molecule has 0 aliphatic rings. The third-order valence-corrected chi connectivity index (χ3v) is 5.41. The zero-order valence-corrected chi connectivity index (χ0v) is 13.9. The molecule has 1 N–H and O–H groups in total. The van der Waals surface area contributed by atoms with E-state index in [1.54, 1.807) is 22.7 Å². The number of halogens is 1. The lowest BCUT2D eigenvalue weighted by molar-refractivity contribution is 0.640. The Morgan fingerprint density at radius 1 is 1.33 bits per heavy atom. The van der Waals surface area contributed by atoms with Crippen molar-refractivity contribution in [2.45, 2.75) is 33.7 Å². The third kappa shape index (κ3) is 3.76. The number of rotatable bonds is 5. The highest BCUT2D eigenvalue weighted by Crippen LogP contribution is 2.27. The quantitative estimate of drug-likeness (QED) is 0.867. The van der Waals surface area contributed by atoms with E-state index >= 15 is 0 Å². The van der Waals surface area contributed by atoms with E-state index in [4.69, 9.17) is 0 Å². The average Bonchev–Trinajstić information content (AvgIpc) is 2.84. The zero-order chi connectivity index (χ0) is 13.1. The van der Waals surface area contributed by atoms with Gasteiger partial charge in [-0.05, 0) is 34.8 Å². The number of hydrogen-bond acceptors (Lipinski definition) is 5. The largest absolute Gasteiger partial charge is 0.355 e. The van der Waals surface area contributed by atoms with Crippen LogP contribution in [0.25, 0.3) is 0 Å². The first kappa shape index (κ1) is 14.0. The van der Waals surface area contributed by atoms with Gasteiger partial charge in [-0.2, -0.15) is 0 Å². The van der Waals surface area contributed by atoms with E-state index in [0.717, 1.165) is 23.1 Å². The molecule has 0 radical (unpaired) electrons. The summed E-state index contributed by atoms with van der Waals surface area (Å²) in [5.41, 5.74) is 0. The molecule has 2 rings (SSSR count). The van der Waals surface area contributed by atoms with Gasteiger partial charge in [0.2, 0.25) is 5.13 Å². The number of nitrogens with zero attached hydrogens (tertiary/aromatic N) is 2. The van der Waals surface area contributed by atoms with Crippen molar-refractivity contribution in [1.82, 2.24) is 10.2 Å². The van der Waals surface area contributed by atoms with Gasteiger partial charge in [-0.25, -0.2) is 0 Å². The summed E-state index contributed by atoms with van der Waals surface area (Å²) in [6, 6.07) is 2.16. The summed E-state index contributed by atoms with van der Waals surface area (Å²) in [6.45, 7) is 7.32. The Bertz CT molecular complexity index is 500. The van der Waals surface area contributed by atoms with Gasteiger partial charge in [-0.15, -0.1) is 21.5 Å². The van der Waals surface area contributed by atoms with Crippen LogP contribution in [0.2, 0.25) is 0 Å². The van der Waals surface area contributed by atoms with Gasteiger partial charge < -0.3 is 5.32 Å². The second kappa shape index (κ2) is 6.12. The Hall–Kier alpha value is -0.460.